The Morgan fingerprint density at radius 3 is 2.48 bits per heavy atom. The molecule has 0 saturated carbocycles. The summed E-state index contributed by atoms with van der Waals surface area (Å²) in [5.74, 6) is -1.83. The Morgan fingerprint density at radius 2 is 1.79 bits per heavy atom. The first-order valence-electron chi connectivity index (χ1n) is 11.0. The lowest BCUT2D eigenvalue weighted by Gasteiger charge is -2.34. The first-order valence-corrected chi connectivity index (χ1v) is 11.0. The third-order valence-corrected chi connectivity index (χ3v) is 5.74. The fraction of sp³-hybridized carbons (Fsp3) is 0.522. The molecule has 0 bridgehead atoms. The number of hydrogen-bond acceptors (Lipinski definition) is 7. The van der Waals surface area contributed by atoms with Crippen LogP contribution < -0.4 is 10.1 Å². The molecule has 10 nitrogen and oxygen atoms in total. The van der Waals surface area contributed by atoms with Gasteiger partial charge in [0, 0.05) is 13.0 Å². The lowest BCUT2D eigenvalue weighted by molar-refractivity contribution is -0.136. The minimum Gasteiger partial charge on any atom is -0.489 e. The molecule has 2 fully saturated rings. The lowest BCUT2D eigenvalue weighted by atomic mass is 10.0. The van der Waals surface area contributed by atoms with Gasteiger partial charge in [-0.1, -0.05) is 0 Å². The normalized spacial score (nSPS) is 23.4. The molecule has 33 heavy (non-hydrogen) atoms. The van der Waals surface area contributed by atoms with Gasteiger partial charge in [-0.05, 0) is 58.2 Å². The van der Waals surface area contributed by atoms with Crippen LogP contribution in [-0.4, -0.2) is 70.4 Å². The highest BCUT2D eigenvalue weighted by atomic mass is 16.6. The van der Waals surface area contributed by atoms with E-state index in [1.807, 2.05) is 20.8 Å². The number of ether oxygens (including phenoxy) is 2. The number of piperidine rings is 2. The average Bonchev–Trinajstić information content (AvgIpc) is 2.97. The van der Waals surface area contributed by atoms with Gasteiger partial charge >= 0.3 is 6.09 Å². The predicted octanol–water partition coefficient (Wildman–Crippen LogP) is 1.87. The van der Waals surface area contributed by atoms with E-state index in [4.69, 9.17) is 9.47 Å². The lowest BCUT2D eigenvalue weighted by Crippen LogP contribution is -2.54. The van der Waals surface area contributed by atoms with Crippen LogP contribution in [0, 0.1) is 0 Å². The Kier molecular flexibility index (Phi) is 5.85. The zero-order valence-electron chi connectivity index (χ0n) is 18.9. The molecular weight excluding hydrogens is 430 g/mol. The number of likely N-dealkylation sites (tertiary alicyclic amines) is 1. The maximum atomic E-state index is 13.0. The highest BCUT2D eigenvalue weighted by Gasteiger charge is 2.44. The molecule has 4 rings (SSSR count). The van der Waals surface area contributed by atoms with Crippen molar-refractivity contribution in [1.29, 1.82) is 0 Å². The summed E-state index contributed by atoms with van der Waals surface area (Å²) in [4.78, 5) is 64.3. The first kappa shape index (κ1) is 22.8. The molecule has 2 saturated heterocycles. The molecule has 0 aliphatic carbocycles. The van der Waals surface area contributed by atoms with Crippen molar-refractivity contribution in [2.75, 3.05) is 13.1 Å². The van der Waals surface area contributed by atoms with Gasteiger partial charge in [0.25, 0.3) is 11.8 Å². The SMILES string of the molecule is CC(C)(C)OC(=O)N1CCCC(Oc2ccc3c(c2)C(=O)N(C2CCC(=O)NC2=O)C3=O)C1. The Labute approximate surface area is 191 Å². The third kappa shape index (κ3) is 4.69. The van der Waals surface area contributed by atoms with Crippen LogP contribution >= 0.6 is 0 Å². The molecule has 1 aromatic rings. The van der Waals surface area contributed by atoms with Gasteiger partial charge < -0.3 is 14.4 Å². The number of nitrogens with one attached hydrogen (secondary N) is 1. The van der Waals surface area contributed by atoms with E-state index in [-0.39, 0.29) is 30.1 Å². The molecule has 0 radical (unpaired) electrons. The van der Waals surface area contributed by atoms with E-state index in [0.29, 0.717) is 18.8 Å². The van der Waals surface area contributed by atoms with Crippen LogP contribution in [0.1, 0.15) is 67.2 Å². The fourth-order valence-electron chi connectivity index (χ4n) is 4.24. The Hall–Kier alpha value is -3.43. The summed E-state index contributed by atoms with van der Waals surface area (Å²) in [6, 6.07) is 3.59. The summed E-state index contributed by atoms with van der Waals surface area (Å²) >= 11 is 0. The number of fused-ring (bicyclic) bond motifs is 1. The van der Waals surface area contributed by atoms with Crippen LogP contribution in [0.15, 0.2) is 18.2 Å². The minimum atomic E-state index is -1.01. The standard InChI is InChI=1S/C23H27N3O7/c1-23(2,3)33-22(31)25-10-4-5-14(12-25)32-13-6-7-15-16(11-13)21(30)26(20(15)29)17-8-9-18(27)24-19(17)28/h6-7,11,14,17H,4-5,8-10,12H2,1-3H3,(H,24,27,28). The van der Waals surface area contributed by atoms with Crippen LogP contribution in [0.5, 0.6) is 5.75 Å². The molecule has 176 valence electrons. The Morgan fingerprint density at radius 1 is 1.06 bits per heavy atom. The Balaban J connectivity index is 1.45. The number of hydrogen-bond donors (Lipinski definition) is 1. The maximum absolute atomic E-state index is 13.0. The molecular formula is C23H27N3O7. The van der Waals surface area contributed by atoms with Crippen molar-refractivity contribution in [1.82, 2.24) is 15.1 Å². The molecule has 2 atom stereocenters. The van der Waals surface area contributed by atoms with E-state index in [0.717, 1.165) is 17.7 Å². The molecule has 0 spiro atoms. The Bertz CT molecular complexity index is 1030. The number of carbonyl (C=O) groups is 5. The predicted molar refractivity (Wildman–Crippen MR) is 115 cm³/mol. The van der Waals surface area contributed by atoms with Gasteiger partial charge in [-0.15, -0.1) is 0 Å². The van der Waals surface area contributed by atoms with Gasteiger partial charge in [0.2, 0.25) is 11.8 Å². The number of nitrogens with zero attached hydrogens (tertiary/aromatic N) is 2. The fourth-order valence-corrected chi connectivity index (χ4v) is 4.24. The van der Waals surface area contributed by atoms with Crippen LogP contribution in [0.4, 0.5) is 4.79 Å². The van der Waals surface area contributed by atoms with Crippen molar-refractivity contribution in [2.45, 2.75) is 64.2 Å². The van der Waals surface area contributed by atoms with Crippen LogP contribution in [-0.2, 0) is 14.3 Å². The number of carbonyl (C=O) groups excluding carboxylic acids is 5. The largest absolute Gasteiger partial charge is 0.489 e. The van der Waals surface area contributed by atoms with Gasteiger partial charge in [0.1, 0.15) is 23.5 Å². The van der Waals surface area contributed by atoms with Gasteiger partial charge in [-0.2, -0.15) is 0 Å². The smallest absolute Gasteiger partial charge is 0.410 e. The van der Waals surface area contributed by atoms with Crippen LogP contribution in [0.25, 0.3) is 0 Å². The summed E-state index contributed by atoms with van der Waals surface area (Å²) < 4.78 is 11.5. The maximum Gasteiger partial charge on any atom is 0.410 e. The minimum absolute atomic E-state index is 0.0635. The quantitative estimate of drug-likeness (QED) is 0.688. The van der Waals surface area contributed by atoms with Crippen molar-refractivity contribution in [2.24, 2.45) is 0 Å². The topological polar surface area (TPSA) is 122 Å². The zero-order chi connectivity index (χ0) is 23.9. The second-order valence-corrected chi connectivity index (χ2v) is 9.46. The highest BCUT2D eigenvalue weighted by molar-refractivity contribution is 6.23. The average molecular weight is 457 g/mol. The molecule has 0 aromatic heterocycles. The zero-order valence-corrected chi connectivity index (χ0v) is 18.9. The molecule has 5 amide bonds. The molecule has 10 heteroatoms. The molecule has 1 aromatic carbocycles. The number of rotatable bonds is 3. The van der Waals surface area contributed by atoms with Crippen molar-refractivity contribution >= 4 is 29.7 Å². The van der Waals surface area contributed by atoms with Crippen molar-refractivity contribution < 1.29 is 33.4 Å². The van der Waals surface area contributed by atoms with Gasteiger partial charge in [-0.25, -0.2) is 4.79 Å². The van der Waals surface area contributed by atoms with E-state index in [1.54, 1.807) is 11.0 Å². The second-order valence-electron chi connectivity index (χ2n) is 9.46. The monoisotopic (exact) mass is 457 g/mol. The van der Waals surface area contributed by atoms with E-state index >= 15 is 0 Å². The van der Waals surface area contributed by atoms with E-state index in [1.165, 1.54) is 12.1 Å². The highest BCUT2D eigenvalue weighted by Crippen LogP contribution is 2.31. The van der Waals surface area contributed by atoms with Crippen LogP contribution in [0.3, 0.4) is 0 Å². The first-order chi connectivity index (χ1) is 15.5. The summed E-state index contributed by atoms with van der Waals surface area (Å²) in [6.07, 6.45) is 0.949. The number of benzene rings is 1. The summed E-state index contributed by atoms with van der Waals surface area (Å²) in [7, 11) is 0. The molecule has 1 N–H and O–H groups in total. The molecule has 3 aliphatic heterocycles. The summed E-state index contributed by atoms with van der Waals surface area (Å²) in [5, 5.41) is 2.18. The van der Waals surface area contributed by atoms with Gasteiger partial charge in [0.05, 0.1) is 17.7 Å². The number of imide groups is 2. The van der Waals surface area contributed by atoms with Crippen LogP contribution in [0.2, 0.25) is 0 Å². The van der Waals surface area contributed by atoms with E-state index in [2.05, 4.69) is 5.32 Å². The van der Waals surface area contributed by atoms with E-state index < -0.39 is 41.4 Å². The molecule has 2 unspecified atom stereocenters. The van der Waals surface area contributed by atoms with Gasteiger partial charge in [0.15, 0.2) is 0 Å². The molecule has 3 heterocycles. The van der Waals surface area contributed by atoms with Crippen molar-refractivity contribution in [3.05, 3.63) is 29.3 Å². The summed E-state index contributed by atoms with van der Waals surface area (Å²) in [6.45, 7) is 6.35. The number of amides is 5. The summed E-state index contributed by atoms with van der Waals surface area (Å²) in [5.41, 5.74) is -0.246. The van der Waals surface area contributed by atoms with Crippen molar-refractivity contribution in [3.8, 4) is 5.75 Å². The van der Waals surface area contributed by atoms with Crippen molar-refractivity contribution in [3.63, 3.8) is 0 Å². The van der Waals surface area contributed by atoms with E-state index in [9.17, 15) is 24.0 Å². The second kappa shape index (κ2) is 8.49. The van der Waals surface area contributed by atoms with Gasteiger partial charge in [-0.3, -0.25) is 29.4 Å². The molecule has 3 aliphatic rings. The third-order valence-electron chi connectivity index (χ3n) is 5.74.